The first kappa shape index (κ1) is 14.3. The van der Waals surface area contributed by atoms with E-state index in [-0.39, 0.29) is 21.7 Å². The fourth-order valence-electron chi connectivity index (χ4n) is 1.52. The third-order valence-corrected chi connectivity index (χ3v) is 4.04. The second-order valence-electron chi connectivity index (χ2n) is 5.41. The molecule has 0 aliphatic carbocycles. The zero-order valence-electron chi connectivity index (χ0n) is 11.4. The molecular formula is C12H16N4O3S. The Morgan fingerprint density at radius 3 is 2.45 bits per heavy atom. The maximum atomic E-state index is 12.1. The van der Waals surface area contributed by atoms with Crippen LogP contribution in [0.4, 0.5) is 5.82 Å². The Labute approximate surface area is 116 Å². The van der Waals surface area contributed by atoms with Gasteiger partial charge in [0.1, 0.15) is 4.90 Å². The number of hydrogen-bond donors (Lipinski definition) is 3. The number of pyridine rings is 1. The molecule has 2 rings (SSSR count). The van der Waals surface area contributed by atoms with Crippen LogP contribution in [0.25, 0.3) is 0 Å². The van der Waals surface area contributed by atoms with Gasteiger partial charge in [-0.15, -0.1) is 0 Å². The van der Waals surface area contributed by atoms with Crippen LogP contribution in [0.15, 0.2) is 34.1 Å². The van der Waals surface area contributed by atoms with E-state index < -0.39 is 10.0 Å². The molecular weight excluding hydrogens is 280 g/mol. The summed E-state index contributed by atoms with van der Waals surface area (Å²) in [6, 6.07) is 4.03. The average molecular weight is 296 g/mol. The minimum Gasteiger partial charge on any atom is -0.328 e. The van der Waals surface area contributed by atoms with E-state index in [0.717, 1.165) is 18.0 Å². The van der Waals surface area contributed by atoms with Crippen molar-refractivity contribution in [3.8, 4) is 0 Å². The molecule has 0 amide bonds. The highest BCUT2D eigenvalue weighted by atomic mass is 32.2. The molecule has 2 aromatic rings. The highest BCUT2D eigenvalue weighted by Crippen LogP contribution is 2.23. The fourth-order valence-corrected chi connectivity index (χ4v) is 2.48. The monoisotopic (exact) mass is 296 g/mol. The summed E-state index contributed by atoms with van der Waals surface area (Å²) in [5, 5.41) is 6.72. The van der Waals surface area contributed by atoms with Gasteiger partial charge in [-0.05, 0) is 6.07 Å². The van der Waals surface area contributed by atoms with Crippen LogP contribution in [-0.4, -0.2) is 23.6 Å². The number of hydrogen-bond acceptors (Lipinski definition) is 4. The van der Waals surface area contributed by atoms with Gasteiger partial charge in [0.25, 0.3) is 10.0 Å². The molecule has 2 aromatic heterocycles. The first-order valence-electron chi connectivity index (χ1n) is 5.96. The molecule has 0 radical (unpaired) electrons. The van der Waals surface area contributed by atoms with Crippen molar-refractivity contribution in [2.75, 3.05) is 4.72 Å². The van der Waals surface area contributed by atoms with E-state index in [1.54, 1.807) is 6.07 Å². The molecule has 0 fully saturated rings. The van der Waals surface area contributed by atoms with Crippen LogP contribution >= 0.6 is 0 Å². The van der Waals surface area contributed by atoms with Crippen molar-refractivity contribution in [3.05, 3.63) is 40.4 Å². The number of H-pyrrole nitrogens is 2. The normalized spacial score (nSPS) is 12.3. The molecule has 0 aliphatic rings. The lowest BCUT2D eigenvalue weighted by molar-refractivity contribution is 0.567. The standard InChI is InChI=1S/C12H16N4O3S/c1-12(2,3)9-6-10(15-14-9)16-20(18,19)8-4-5-11(17)13-7-8/h4-7H,1-3H3,(H,13,17)(H2,14,15,16). The number of rotatable bonds is 3. The molecule has 8 heteroatoms. The molecule has 0 saturated carbocycles. The fraction of sp³-hybridized carbons (Fsp3) is 0.333. The summed E-state index contributed by atoms with van der Waals surface area (Å²) in [6.45, 7) is 5.96. The van der Waals surface area contributed by atoms with Crippen LogP contribution in [-0.2, 0) is 15.4 Å². The molecule has 7 nitrogen and oxygen atoms in total. The van der Waals surface area contributed by atoms with Crippen LogP contribution in [0, 0.1) is 0 Å². The van der Waals surface area contributed by atoms with Crippen molar-refractivity contribution in [2.24, 2.45) is 0 Å². The van der Waals surface area contributed by atoms with Crippen LogP contribution < -0.4 is 10.3 Å². The number of aromatic amines is 2. The Morgan fingerprint density at radius 2 is 1.95 bits per heavy atom. The molecule has 108 valence electrons. The Balaban J connectivity index is 2.27. The third kappa shape index (κ3) is 3.08. The van der Waals surface area contributed by atoms with Gasteiger partial charge >= 0.3 is 0 Å². The van der Waals surface area contributed by atoms with Gasteiger partial charge in [-0.25, -0.2) is 8.42 Å². The topological polar surface area (TPSA) is 108 Å². The van der Waals surface area contributed by atoms with Crippen molar-refractivity contribution in [1.29, 1.82) is 0 Å². The zero-order valence-corrected chi connectivity index (χ0v) is 12.2. The molecule has 0 spiro atoms. The molecule has 0 aromatic carbocycles. The van der Waals surface area contributed by atoms with Gasteiger partial charge in [0.05, 0.1) is 0 Å². The SMILES string of the molecule is CC(C)(C)c1cc(NS(=O)(=O)c2ccc(=O)[nH]c2)n[nH]1. The lowest BCUT2D eigenvalue weighted by Crippen LogP contribution is -2.15. The average Bonchev–Trinajstić information content (AvgIpc) is 2.77. The summed E-state index contributed by atoms with van der Waals surface area (Å²) in [7, 11) is -3.76. The molecule has 0 aliphatic heterocycles. The number of sulfonamides is 1. The quantitative estimate of drug-likeness (QED) is 0.790. The molecule has 2 heterocycles. The second-order valence-corrected chi connectivity index (χ2v) is 7.09. The van der Waals surface area contributed by atoms with Gasteiger partial charge in [-0.1, -0.05) is 20.8 Å². The predicted octanol–water partition coefficient (Wildman–Crippen LogP) is 1.20. The lowest BCUT2D eigenvalue weighted by atomic mass is 9.92. The predicted molar refractivity (Wildman–Crippen MR) is 75.2 cm³/mol. The molecule has 0 bridgehead atoms. The largest absolute Gasteiger partial charge is 0.328 e. The van der Waals surface area contributed by atoms with Crippen molar-refractivity contribution in [1.82, 2.24) is 15.2 Å². The summed E-state index contributed by atoms with van der Waals surface area (Å²) < 4.78 is 26.5. The van der Waals surface area contributed by atoms with Gasteiger partial charge in [0.2, 0.25) is 5.56 Å². The van der Waals surface area contributed by atoms with E-state index >= 15 is 0 Å². The summed E-state index contributed by atoms with van der Waals surface area (Å²) in [6.07, 6.45) is 1.14. The number of aromatic nitrogens is 3. The smallest absolute Gasteiger partial charge is 0.264 e. The summed E-state index contributed by atoms with van der Waals surface area (Å²) in [5.41, 5.74) is 0.296. The van der Waals surface area contributed by atoms with Crippen LogP contribution in [0.1, 0.15) is 26.5 Å². The van der Waals surface area contributed by atoms with E-state index in [1.165, 1.54) is 6.07 Å². The Morgan fingerprint density at radius 1 is 1.25 bits per heavy atom. The minimum absolute atomic E-state index is 0.0302. The van der Waals surface area contributed by atoms with Gasteiger partial charge in [-0.2, -0.15) is 5.10 Å². The van der Waals surface area contributed by atoms with Gasteiger partial charge in [0, 0.05) is 29.4 Å². The van der Waals surface area contributed by atoms with Gasteiger partial charge in [-0.3, -0.25) is 14.6 Å². The zero-order chi connectivity index (χ0) is 15.0. The second kappa shape index (κ2) is 4.78. The summed E-state index contributed by atoms with van der Waals surface area (Å²) in [4.78, 5) is 13.2. The maximum absolute atomic E-state index is 12.1. The van der Waals surface area contributed by atoms with E-state index in [0.29, 0.717) is 0 Å². The van der Waals surface area contributed by atoms with E-state index in [4.69, 9.17) is 0 Å². The van der Waals surface area contributed by atoms with Gasteiger partial charge in [0.15, 0.2) is 5.82 Å². The van der Waals surface area contributed by atoms with Crippen LogP contribution in [0.5, 0.6) is 0 Å². The highest BCUT2D eigenvalue weighted by molar-refractivity contribution is 7.92. The maximum Gasteiger partial charge on any atom is 0.264 e. The minimum atomic E-state index is -3.76. The van der Waals surface area contributed by atoms with Gasteiger partial charge < -0.3 is 4.98 Å². The van der Waals surface area contributed by atoms with Crippen LogP contribution in [0.2, 0.25) is 0 Å². The summed E-state index contributed by atoms with van der Waals surface area (Å²) in [5.74, 6) is 0.209. The molecule has 20 heavy (non-hydrogen) atoms. The number of anilines is 1. The number of nitrogens with zero attached hydrogens (tertiary/aromatic N) is 1. The molecule has 0 saturated heterocycles. The summed E-state index contributed by atoms with van der Waals surface area (Å²) >= 11 is 0. The molecule has 0 atom stereocenters. The number of nitrogens with one attached hydrogen (secondary N) is 3. The van der Waals surface area contributed by atoms with E-state index in [1.807, 2.05) is 20.8 Å². The first-order chi connectivity index (χ1) is 9.18. The van der Waals surface area contributed by atoms with Crippen LogP contribution in [0.3, 0.4) is 0 Å². The highest BCUT2D eigenvalue weighted by Gasteiger charge is 2.20. The Kier molecular flexibility index (Phi) is 3.43. The van der Waals surface area contributed by atoms with E-state index in [2.05, 4.69) is 19.9 Å². The Bertz CT molecular complexity index is 748. The molecule has 3 N–H and O–H groups in total. The van der Waals surface area contributed by atoms with E-state index in [9.17, 15) is 13.2 Å². The third-order valence-electron chi connectivity index (χ3n) is 2.69. The van der Waals surface area contributed by atoms with Crippen molar-refractivity contribution < 1.29 is 8.42 Å². The lowest BCUT2D eigenvalue weighted by Gasteiger charge is -2.14. The van der Waals surface area contributed by atoms with Crippen molar-refractivity contribution in [2.45, 2.75) is 31.1 Å². The first-order valence-corrected chi connectivity index (χ1v) is 7.44. The molecule has 0 unspecified atom stereocenters. The Hall–Kier alpha value is -2.09. The van der Waals surface area contributed by atoms with Crippen molar-refractivity contribution >= 4 is 15.8 Å². The van der Waals surface area contributed by atoms with Crippen molar-refractivity contribution in [3.63, 3.8) is 0 Å².